The van der Waals surface area contributed by atoms with Crippen LogP contribution < -0.4 is 0 Å². The molecule has 8 heteroatoms. The summed E-state index contributed by atoms with van der Waals surface area (Å²) in [6.45, 7) is 5.89. The number of Topliss-reactive ketones (excluding diaryl/α,β-unsaturated/α-hetero) is 1. The van der Waals surface area contributed by atoms with Gasteiger partial charge in [0.25, 0.3) is 5.78 Å². The van der Waals surface area contributed by atoms with Crippen molar-refractivity contribution in [3.8, 4) is 6.07 Å². The number of esters is 1. The highest BCUT2D eigenvalue weighted by Crippen LogP contribution is 2.45. The molecule has 2 atom stereocenters. The number of carbonyl (C=O) groups is 2. The Morgan fingerprint density at radius 1 is 1.18 bits per heavy atom. The molecule has 1 aliphatic carbocycles. The number of rotatable bonds is 8. The maximum absolute atomic E-state index is 13.7. The molecule has 2 aromatic heterocycles. The molecule has 198 valence electrons. The van der Waals surface area contributed by atoms with Crippen LogP contribution in [0.2, 0.25) is 0 Å². The summed E-state index contributed by atoms with van der Waals surface area (Å²) >= 11 is 0. The van der Waals surface area contributed by atoms with Crippen molar-refractivity contribution >= 4 is 17.5 Å². The van der Waals surface area contributed by atoms with Crippen LogP contribution in [0, 0.1) is 37.0 Å². The van der Waals surface area contributed by atoms with Gasteiger partial charge in [0.1, 0.15) is 17.8 Å². The molecule has 3 aromatic rings. The first-order chi connectivity index (χ1) is 18.3. The van der Waals surface area contributed by atoms with E-state index in [-0.39, 0.29) is 24.5 Å². The van der Waals surface area contributed by atoms with Crippen LogP contribution in [-0.2, 0) is 40.0 Å². The van der Waals surface area contributed by atoms with E-state index in [4.69, 9.17) is 10.00 Å². The zero-order chi connectivity index (χ0) is 26.9. The third kappa shape index (κ3) is 4.82. The molecule has 1 saturated carbocycles. The summed E-state index contributed by atoms with van der Waals surface area (Å²) in [5.74, 6) is -0.569. The van der Waals surface area contributed by atoms with E-state index < -0.39 is 17.5 Å². The van der Waals surface area contributed by atoms with Gasteiger partial charge in [-0.1, -0.05) is 38.0 Å². The highest BCUT2D eigenvalue weighted by Gasteiger charge is 2.51. The second-order valence-electron chi connectivity index (χ2n) is 10.9. The maximum atomic E-state index is 13.7. The maximum Gasteiger partial charge on any atom is 0.317 e. The minimum atomic E-state index is -0.832. The summed E-state index contributed by atoms with van der Waals surface area (Å²) in [4.78, 5) is 35.8. The van der Waals surface area contributed by atoms with Crippen molar-refractivity contribution in [3.05, 3.63) is 58.2 Å². The Balaban J connectivity index is 1.37. The van der Waals surface area contributed by atoms with Crippen molar-refractivity contribution in [2.24, 2.45) is 11.8 Å². The Kier molecular flexibility index (Phi) is 7.29. The summed E-state index contributed by atoms with van der Waals surface area (Å²) < 4.78 is 8.00. The van der Waals surface area contributed by atoms with Gasteiger partial charge in [0.15, 0.2) is 5.78 Å². The van der Waals surface area contributed by atoms with Gasteiger partial charge in [-0.2, -0.15) is 15.3 Å². The molecule has 0 bridgehead atoms. The number of aromatic nitrogens is 4. The minimum Gasteiger partial charge on any atom is -0.458 e. The Morgan fingerprint density at radius 3 is 2.68 bits per heavy atom. The van der Waals surface area contributed by atoms with Crippen molar-refractivity contribution in [1.82, 2.24) is 19.6 Å². The van der Waals surface area contributed by atoms with Crippen LogP contribution in [-0.4, -0.2) is 36.9 Å². The van der Waals surface area contributed by atoms with Crippen molar-refractivity contribution in [2.45, 2.75) is 90.6 Å². The van der Waals surface area contributed by atoms with E-state index in [1.807, 2.05) is 19.9 Å². The number of hydrogen-bond acceptors (Lipinski definition) is 7. The normalized spacial score (nSPS) is 22.1. The van der Waals surface area contributed by atoms with Gasteiger partial charge in [-0.25, -0.2) is 9.50 Å². The molecular weight excluding hydrogens is 478 g/mol. The zero-order valence-corrected chi connectivity index (χ0v) is 22.5. The molecule has 2 aliphatic rings. The van der Waals surface area contributed by atoms with Crippen molar-refractivity contribution in [3.63, 3.8) is 0 Å². The van der Waals surface area contributed by atoms with Gasteiger partial charge in [0, 0.05) is 17.8 Å². The second kappa shape index (κ2) is 10.6. The summed E-state index contributed by atoms with van der Waals surface area (Å²) in [5.41, 5.74) is 5.08. The van der Waals surface area contributed by atoms with Gasteiger partial charge >= 0.3 is 5.97 Å². The lowest BCUT2D eigenvalue weighted by Gasteiger charge is -2.43. The van der Waals surface area contributed by atoms with E-state index in [9.17, 15) is 9.59 Å². The first-order valence-corrected chi connectivity index (χ1v) is 13.7. The average molecular weight is 514 g/mol. The Bertz CT molecular complexity index is 1400. The monoisotopic (exact) mass is 513 g/mol. The Morgan fingerprint density at radius 2 is 1.97 bits per heavy atom. The molecule has 2 unspecified atom stereocenters. The predicted octanol–water partition coefficient (Wildman–Crippen LogP) is 4.61. The number of ketones is 1. The topological polar surface area (TPSA) is 110 Å². The number of carbonyl (C=O) groups excluding carboxylic acids is 2. The summed E-state index contributed by atoms with van der Waals surface area (Å²) in [6.07, 6.45) is 8.78. The van der Waals surface area contributed by atoms with Crippen LogP contribution in [0.15, 0.2) is 24.5 Å². The van der Waals surface area contributed by atoms with Crippen LogP contribution in [0.5, 0.6) is 0 Å². The molecule has 5 rings (SSSR count). The average Bonchev–Trinajstić information content (AvgIpc) is 3.60. The fourth-order valence-electron chi connectivity index (χ4n) is 6.51. The van der Waals surface area contributed by atoms with Crippen molar-refractivity contribution in [2.75, 3.05) is 0 Å². The first-order valence-electron chi connectivity index (χ1n) is 13.7. The first kappa shape index (κ1) is 26.0. The smallest absolute Gasteiger partial charge is 0.317 e. The number of fused-ring (bicyclic) bond motifs is 1. The fourth-order valence-corrected chi connectivity index (χ4v) is 6.51. The molecule has 1 aliphatic heterocycles. The number of nitrogens with zero attached hydrogens (tertiary/aromatic N) is 5. The molecule has 0 amide bonds. The van der Waals surface area contributed by atoms with Gasteiger partial charge in [-0.3, -0.25) is 9.59 Å². The van der Waals surface area contributed by atoms with Crippen LogP contribution >= 0.6 is 0 Å². The Hall–Kier alpha value is -3.60. The zero-order valence-electron chi connectivity index (χ0n) is 22.5. The van der Waals surface area contributed by atoms with E-state index >= 15 is 0 Å². The number of aryl methyl sites for hydroxylation is 4. The number of ether oxygens (including phenoxy) is 1. The van der Waals surface area contributed by atoms with E-state index in [1.54, 1.807) is 4.52 Å². The molecule has 1 saturated heterocycles. The molecule has 3 heterocycles. The number of benzene rings is 1. The van der Waals surface area contributed by atoms with Crippen LogP contribution in [0.25, 0.3) is 5.78 Å². The molecular formula is C30H35N5O3. The van der Waals surface area contributed by atoms with E-state index in [0.29, 0.717) is 18.6 Å². The van der Waals surface area contributed by atoms with Gasteiger partial charge in [0.05, 0.1) is 12.5 Å². The van der Waals surface area contributed by atoms with Crippen molar-refractivity contribution < 1.29 is 14.3 Å². The Labute approximate surface area is 223 Å². The van der Waals surface area contributed by atoms with Crippen molar-refractivity contribution in [1.29, 1.82) is 5.26 Å². The third-order valence-electron chi connectivity index (χ3n) is 8.70. The molecule has 2 fully saturated rings. The van der Waals surface area contributed by atoms with Gasteiger partial charge in [-0.05, 0) is 80.5 Å². The van der Waals surface area contributed by atoms with E-state index in [2.05, 4.69) is 40.2 Å². The lowest BCUT2D eigenvalue weighted by Crippen LogP contribution is -2.52. The molecule has 38 heavy (non-hydrogen) atoms. The highest BCUT2D eigenvalue weighted by atomic mass is 16.6. The molecule has 8 nitrogen and oxygen atoms in total. The molecule has 0 radical (unpaired) electrons. The summed E-state index contributed by atoms with van der Waals surface area (Å²) in [7, 11) is 0. The lowest BCUT2D eigenvalue weighted by molar-refractivity contribution is -0.185. The molecule has 0 spiro atoms. The molecule has 0 N–H and O–H groups in total. The highest BCUT2D eigenvalue weighted by molar-refractivity contribution is 6.02. The summed E-state index contributed by atoms with van der Waals surface area (Å²) in [5, 5.41) is 13.4. The van der Waals surface area contributed by atoms with Crippen LogP contribution in [0.3, 0.4) is 0 Å². The number of cyclic esters (lactones) is 1. The SMILES string of the molecule is CCc1cc(CCC2(C3CCCC3)CC(=O)C(Cc3c(C)nc4ncnn4c3C)C(=O)O2)ccc1CC#N. The third-order valence-corrected chi connectivity index (χ3v) is 8.70. The largest absolute Gasteiger partial charge is 0.458 e. The molecule has 1 aromatic carbocycles. The van der Waals surface area contributed by atoms with Gasteiger partial charge in [0.2, 0.25) is 0 Å². The minimum absolute atomic E-state index is 0.0377. The number of hydrogen-bond donors (Lipinski definition) is 0. The number of nitriles is 1. The predicted molar refractivity (Wildman–Crippen MR) is 141 cm³/mol. The second-order valence-corrected chi connectivity index (χ2v) is 10.9. The lowest BCUT2D eigenvalue weighted by atomic mass is 9.73. The standard InChI is InChI=1S/C30H35N5O3/c1-4-22-15-21(9-10-23(22)12-14-31)11-13-30(24-7-5-6-8-24)17-27(36)26(28(37)38-30)16-25-19(2)34-29-32-18-33-35(29)20(25)3/h9-10,15,18,24,26H,4-8,11-13,16-17H2,1-3H3. The van der Waals surface area contributed by atoms with Crippen LogP contribution in [0.1, 0.15) is 79.1 Å². The summed E-state index contributed by atoms with van der Waals surface area (Å²) in [6, 6.07) is 8.53. The van der Waals surface area contributed by atoms with Crippen LogP contribution in [0.4, 0.5) is 0 Å². The fraction of sp³-hybridized carbons (Fsp3) is 0.533. The van der Waals surface area contributed by atoms with Gasteiger partial charge in [-0.15, -0.1) is 0 Å². The van der Waals surface area contributed by atoms with E-state index in [1.165, 1.54) is 11.9 Å². The van der Waals surface area contributed by atoms with E-state index in [0.717, 1.165) is 66.6 Å². The van der Waals surface area contributed by atoms with Gasteiger partial charge < -0.3 is 4.74 Å². The quantitative estimate of drug-likeness (QED) is 0.320.